The quantitative estimate of drug-likeness (QED) is 0.538. The van der Waals surface area contributed by atoms with E-state index in [9.17, 15) is 0 Å². The van der Waals surface area contributed by atoms with Crippen LogP contribution in [0.1, 0.15) is 11.3 Å². The molecule has 9 heavy (non-hydrogen) atoms. The lowest BCUT2D eigenvalue weighted by Gasteiger charge is -1.91. The third-order valence-electron chi connectivity index (χ3n) is 1.64. The van der Waals surface area contributed by atoms with Gasteiger partial charge in [0.25, 0.3) is 0 Å². The lowest BCUT2D eigenvalue weighted by molar-refractivity contribution is 0.737. The van der Waals surface area contributed by atoms with Crippen LogP contribution in [0.15, 0.2) is 6.20 Å². The first kappa shape index (κ1) is 5.35. The normalized spacial score (nSPS) is 16.1. The van der Waals surface area contributed by atoms with Crippen molar-refractivity contribution >= 4 is 11.8 Å². The van der Waals surface area contributed by atoms with Crippen LogP contribution in [0.3, 0.4) is 0 Å². The molecule has 48 valence electrons. The van der Waals surface area contributed by atoms with E-state index < -0.39 is 0 Å². The van der Waals surface area contributed by atoms with E-state index in [0.29, 0.717) is 0 Å². The molecule has 0 fully saturated rings. The summed E-state index contributed by atoms with van der Waals surface area (Å²) in [5.74, 6) is 2.30. The first-order chi connectivity index (χ1) is 4.38. The topological polar surface area (TPSA) is 17.8 Å². The highest BCUT2D eigenvalue weighted by molar-refractivity contribution is 7.98. The zero-order valence-corrected chi connectivity index (χ0v) is 6.11. The van der Waals surface area contributed by atoms with E-state index in [1.807, 2.05) is 29.7 Å². The molecule has 0 unspecified atom stereocenters. The summed E-state index contributed by atoms with van der Waals surface area (Å²) >= 11 is 1.96. The zero-order chi connectivity index (χ0) is 6.27. The van der Waals surface area contributed by atoms with E-state index in [1.54, 1.807) is 0 Å². The van der Waals surface area contributed by atoms with Gasteiger partial charge in [0.05, 0.1) is 11.9 Å². The van der Waals surface area contributed by atoms with Crippen LogP contribution in [0.25, 0.3) is 0 Å². The molecule has 3 heteroatoms. The van der Waals surface area contributed by atoms with Crippen molar-refractivity contribution in [3.63, 3.8) is 0 Å². The molecule has 1 aromatic heterocycles. The molecule has 2 heterocycles. The summed E-state index contributed by atoms with van der Waals surface area (Å²) in [5.41, 5.74) is 2.82. The summed E-state index contributed by atoms with van der Waals surface area (Å²) in [5, 5.41) is 4.14. The van der Waals surface area contributed by atoms with E-state index >= 15 is 0 Å². The van der Waals surface area contributed by atoms with Crippen molar-refractivity contribution in [2.45, 2.75) is 11.5 Å². The van der Waals surface area contributed by atoms with Crippen LogP contribution < -0.4 is 0 Å². The van der Waals surface area contributed by atoms with Gasteiger partial charge in [-0.1, -0.05) is 0 Å². The Balaban J connectivity index is 2.56. The van der Waals surface area contributed by atoms with Crippen LogP contribution in [0, 0.1) is 0 Å². The Labute approximate surface area is 58.3 Å². The fraction of sp³-hybridized carbons (Fsp3) is 0.500. The van der Waals surface area contributed by atoms with Crippen molar-refractivity contribution in [2.24, 2.45) is 7.05 Å². The maximum absolute atomic E-state index is 4.14. The summed E-state index contributed by atoms with van der Waals surface area (Å²) in [6, 6.07) is 0. The zero-order valence-electron chi connectivity index (χ0n) is 5.29. The Hall–Kier alpha value is -0.440. The second-order valence-corrected chi connectivity index (χ2v) is 3.22. The average Bonchev–Trinajstić information content (AvgIpc) is 2.35. The van der Waals surface area contributed by atoms with Crippen molar-refractivity contribution in [2.75, 3.05) is 0 Å². The molecule has 0 spiro atoms. The van der Waals surface area contributed by atoms with Gasteiger partial charge in [0.2, 0.25) is 0 Å². The Kier molecular flexibility index (Phi) is 1.05. The van der Waals surface area contributed by atoms with Gasteiger partial charge in [-0.05, 0) is 0 Å². The smallest absolute Gasteiger partial charge is 0.0533 e. The Bertz CT molecular complexity index is 229. The van der Waals surface area contributed by atoms with Crippen LogP contribution >= 0.6 is 11.8 Å². The van der Waals surface area contributed by atoms with Crippen molar-refractivity contribution in [1.82, 2.24) is 9.78 Å². The van der Waals surface area contributed by atoms with Crippen molar-refractivity contribution in [3.05, 3.63) is 17.5 Å². The largest absolute Gasteiger partial charge is 0.271 e. The predicted octanol–water partition coefficient (Wildman–Crippen LogP) is 1.17. The fourth-order valence-corrected chi connectivity index (χ4v) is 2.20. The Morgan fingerprint density at radius 3 is 3.33 bits per heavy atom. The van der Waals surface area contributed by atoms with Gasteiger partial charge in [-0.15, -0.1) is 0 Å². The lowest BCUT2D eigenvalue weighted by Crippen LogP contribution is -1.94. The van der Waals surface area contributed by atoms with Gasteiger partial charge in [-0.2, -0.15) is 16.9 Å². The van der Waals surface area contributed by atoms with E-state index in [1.165, 1.54) is 11.3 Å². The van der Waals surface area contributed by atoms with Crippen LogP contribution in [0.5, 0.6) is 0 Å². The van der Waals surface area contributed by atoms with Gasteiger partial charge in [0.1, 0.15) is 0 Å². The second kappa shape index (κ2) is 1.77. The third-order valence-corrected chi connectivity index (χ3v) is 2.64. The van der Waals surface area contributed by atoms with Gasteiger partial charge in [-0.25, -0.2) is 0 Å². The van der Waals surface area contributed by atoms with Crippen molar-refractivity contribution < 1.29 is 0 Å². The summed E-state index contributed by atoms with van der Waals surface area (Å²) < 4.78 is 1.97. The number of rotatable bonds is 0. The number of hydrogen-bond acceptors (Lipinski definition) is 2. The fourth-order valence-electron chi connectivity index (χ4n) is 1.07. The molecule has 0 aliphatic carbocycles. The molecule has 0 atom stereocenters. The molecule has 2 nitrogen and oxygen atoms in total. The van der Waals surface area contributed by atoms with Crippen LogP contribution in [0.4, 0.5) is 0 Å². The minimum atomic E-state index is 1.14. The number of fused-ring (bicyclic) bond motifs is 1. The molecule has 0 bridgehead atoms. The van der Waals surface area contributed by atoms with Gasteiger partial charge in [-0.3, -0.25) is 4.68 Å². The molecule has 0 amide bonds. The van der Waals surface area contributed by atoms with E-state index in [4.69, 9.17) is 0 Å². The lowest BCUT2D eigenvalue weighted by atomic mass is 10.3. The van der Waals surface area contributed by atoms with E-state index in [0.717, 1.165) is 11.5 Å². The molecule has 1 aliphatic rings. The average molecular weight is 140 g/mol. The maximum atomic E-state index is 4.14. The molecule has 1 aliphatic heterocycles. The Morgan fingerprint density at radius 1 is 1.67 bits per heavy atom. The maximum Gasteiger partial charge on any atom is 0.0533 e. The summed E-state index contributed by atoms with van der Waals surface area (Å²) in [4.78, 5) is 0. The third kappa shape index (κ3) is 0.678. The monoisotopic (exact) mass is 140 g/mol. The molecule has 2 rings (SSSR count). The summed E-state index contributed by atoms with van der Waals surface area (Å²) in [6.45, 7) is 0. The molecular weight excluding hydrogens is 132 g/mol. The number of aryl methyl sites for hydroxylation is 1. The van der Waals surface area contributed by atoms with Crippen LogP contribution in [-0.4, -0.2) is 9.78 Å². The minimum absolute atomic E-state index is 1.14. The molecular formula is C6H8N2S. The highest BCUT2D eigenvalue weighted by Crippen LogP contribution is 2.28. The van der Waals surface area contributed by atoms with Gasteiger partial charge < -0.3 is 0 Å². The van der Waals surface area contributed by atoms with Crippen LogP contribution in [0.2, 0.25) is 0 Å². The van der Waals surface area contributed by atoms with Crippen molar-refractivity contribution in [1.29, 1.82) is 0 Å². The predicted molar refractivity (Wildman–Crippen MR) is 38.2 cm³/mol. The molecule has 1 aromatic rings. The van der Waals surface area contributed by atoms with Crippen LogP contribution in [-0.2, 0) is 18.6 Å². The first-order valence-electron chi connectivity index (χ1n) is 2.95. The first-order valence-corrected chi connectivity index (χ1v) is 4.11. The van der Waals surface area contributed by atoms with E-state index in [2.05, 4.69) is 5.10 Å². The molecule has 0 N–H and O–H groups in total. The van der Waals surface area contributed by atoms with Gasteiger partial charge >= 0.3 is 0 Å². The molecule has 0 radical (unpaired) electrons. The standard InChI is InChI=1S/C6H8N2S/c1-8-6-4-9-3-5(6)2-7-8/h2H,3-4H2,1H3. The molecule has 0 aromatic carbocycles. The molecule has 0 saturated heterocycles. The number of aromatic nitrogens is 2. The summed E-state index contributed by atoms with van der Waals surface area (Å²) in [6.07, 6.45) is 1.97. The number of thioether (sulfide) groups is 1. The summed E-state index contributed by atoms with van der Waals surface area (Å²) in [7, 11) is 2.00. The minimum Gasteiger partial charge on any atom is -0.271 e. The second-order valence-electron chi connectivity index (χ2n) is 2.23. The van der Waals surface area contributed by atoms with E-state index in [-0.39, 0.29) is 0 Å². The Morgan fingerprint density at radius 2 is 2.56 bits per heavy atom. The highest BCUT2D eigenvalue weighted by Gasteiger charge is 2.14. The number of hydrogen-bond donors (Lipinski definition) is 0. The number of nitrogens with zero attached hydrogens (tertiary/aromatic N) is 2. The van der Waals surface area contributed by atoms with Crippen molar-refractivity contribution in [3.8, 4) is 0 Å². The highest BCUT2D eigenvalue weighted by atomic mass is 32.2. The van der Waals surface area contributed by atoms with Gasteiger partial charge in [0, 0.05) is 24.1 Å². The van der Waals surface area contributed by atoms with Gasteiger partial charge in [0.15, 0.2) is 0 Å². The molecule has 0 saturated carbocycles. The SMILES string of the molecule is Cn1ncc2c1CSC2.